The summed E-state index contributed by atoms with van der Waals surface area (Å²) in [5, 5.41) is 8.49. The van der Waals surface area contributed by atoms with Crippen LogP contribution in [0.15, 0.2) is 12.1 Å². The molecule has 1 aromatic carbocycles. The largest absolute Gasteiger partial charge is 0.481 e. The van der Waals surface area contributed by atoms with Crippen molar-refractivity contribution in [2.45, 2.75) is 12.8 Å². The van der Waals surface area contributed by atoms with Crippen molar-refractivity contribution in [1.29, 1.82) is 0 Å². The van der Waals surface area contributed by atoms with Crippen LogP contribution in [0.4, 0.5) is 10.1 Å². The number of anilines is 1. The maximum atomic E-state index is 13.2. The molecule has 0 aliphatic carbocycles. The van der Waals surface area contributed by atoms with Gasteiger partial charge in [-0.2, -0.15) is 0 Å². The predicted octanol–water partition coefficient (Wildman–Crippen LogP) is 2.25. The Hall–Kier alpha value is -1.29. The average molecular weight is 218 g/mol. The molecule has 3 nitrogen and oxygen atoms in total. The summed E-state index contributed by atoms with van der Waals surface area (Å²) in [5.74, 6) is -2.68. The molecule has 0 saturated heterocycles. The van der Waals surface area contributed by atoms with Crippen molar-refractivity contribution >= 4 is 23.3 Å². The summed E-state index contributed by atoms with van der Waals surface area (Å²) in [6.07, 6.45) is 0. The molecular formula is C9H9ClFNO2. The number of nitrogens with two attached hydrogens (primary N) is 1. The number of carboxylic acids is 1. The Morgan fingerprint density at radius 2 is 2.21 bits per heavy atom. The maximum absolute atomic E-state index is 13.2. The normalized spacial score (nSPS) is 12.5. The number of nitrogen functional groups attached to an aromatic ring is 1. The molecule has 0 bridgehead atoms. The lowest BCUT2D eigenvalue weighted by Gasteiger charge is -2.10. The summed E-state index contributed by atoms with van der Waals surface area (Å²) in [4.78, 5) is 10.6. The Morgan fingerprint density at radius 3 is 2.71 bits per heavy atom. The number of rotatable bonds is 2. The van der Waals surface area contributed by atoms with Crippen LogP contribution in [0.5, 0.6) is 0 Å². The average Bonchev–Trinajstić information content (AvgIpc) is 2.13. The molecule has 3 N–H and O–H groups in total. The zero-order chi connectivity index (χ0) is 10.9. The lowest BCUT2D eigenvalue weighted by atomic mass is 10.0. The SMILES string of the molecule is CC(C(=O)O)c1ccc(N)c(F)c1Cl. The number of halogens is 2. The lowest BCUT2D eigenvalue weighted by molar-refractivity contribution is -0.138. The van der Waals surface area contributed by atoms with Crippen molar-refractivity contribution in [3.05, 3.63) is 28.5 Å². The second-order valence-electron chi connectivity index (χ2n) is 2.93. The highest BCUT2D eigenvalue weighted by Crippen LogP contribution is 2.30. The van der Waals surface area contributed by atoms with E-state index in [1.807, 2.05) is 0 Å². The van der Waals surface area contributed by atoms with Crippen LogP contribution in [0.3, 0.4) is 0 Å². The third-order valence-electron chi connectivity index (χ3n) is 1.98. The molecule has 1 unspecified atom stereocenters. The maximum Gasteiger partial charge on any atom is 0.310 e. The van der Waals surface area contributed by atoms with Gasteiger partial charge in [-0.15, -0.1) is 0 Å². The first kappa shape index (κ1) is 10.8. The fraction of sp³-hybridized carbons (Fsp3) is 0.222. The summed E-state index contributed by atoms with van der Waals surface area (Å²) in [7, 11) is 0. The minimum Gasteiger partial charge on any atom is -0.481 e. The van der Waals surface area contributed by atoms with Crippen LogP contribution in [0.25, 0.3) is 0 Å². The van der Waals surface area contributed by atoms with E-state index in [9.17, 15) is 9.18 Å². The molecule has 0 radical (unpaired) electrons. The molecule has 0 spiro atoms. The monoisotopic (exact) mass is 217 g/mol. The molecule has 0 aliphatic rings. The second-order valence-corrected chi connectivity index (χ2v) is 3.31. The zero-order valence-electron chi connectivity index (χ0n) is 7.42. The summed E-state index contributed by atoms with van der Waals surface area (Å²) in [5.41, 5.74) is 5.40. The molecule has 0 fully saturated rings. The van der Waals surface area contributed by atoms with Crippen LogP contribution in [0.2, 0.25) is 5.02 Å². The number of carbonyl (C=O) groups is 1. The number of carboxylic acid groups (broad SMARTS) is 1. The minimum absolute atomic E-state index is 0.0867. The van der Waals surface area contributed by atoms with Crippen molar-refractivity contribution in [2.24, 2.45) is 0 Å². The number of hydrogen-bond donors (Lipinski definition) is 2. The Kier molecular flexibility index (Phi) is 2.96. The van der Waals surface area contributed by atoms with E-state index in [1.165, 1.54) is 19.1 Å². The van der Waals surface area contributed by atoms with Gasteiger partial charge in [0.2, 0.25) is 0 Å². The molecule has 1 aromatic rings. The lowest BCUT2D eigenvalue weighted by Crippen LogP contribution is -2.09. The highest BCUT2D eigenvalue weighted by atomic mass is 35.5. The van der Waals surface area contributed by atoms with Gasteiger partial charge in [0.05, 0.1) is 16.6 Å². The van der Waals surface area contributed by atoms with E-state index in [-0.39, 0.29) is 16.3 Å². The standard InChI is InChI=1S/C9H9ClFNO2/c1-4(9(13)14)5-2-3-6(12)8(11)7(5)10/h2-4H,12H2,1H3,(H,13,14). The fourth-order valence-electron chi connectivity index (χ4n) is 1.05. The summed E-state index contributed by atoms with van der Waals surface area (Å²) < 4.78 is 13.2. The van der Waals surface area contributed by atoms with E-state index in [0.29, 0.717) is 0 Å². The number of aliphatic carboxylic acids is 1. The molecule has 0 aromatic heterocycles. The van der Waals surface area contributed by atoms with Crippen molar-refractivity contribution in [3.8, 4) is 0 Å². The van der Waals surface area contributed by atoms with Gasteiger partial charge in [0, 0.05) is 0 Å². The van der Waals surface area contributed by atoms with Crippen LogP contribution in [0, 0.1) is 5.82 Å². The molecular weight excluding hydrogens is 209 g/mol. The van der Waals surface area contributed by atoms with Crippen molar-refractivity contribution in [2.75, 3.05) is 5.73 Å². The third-order valence-corrected chi connectivity index (χ3v) is 2.36. The van der Waals surface area contributed by atoms with Crippen LogP contribution in [0.1, 0.15) is 18.4 Å². The number of benzene rings is 1. The molecule has 1 rings (SSSR count). The van der Waals surface area contributed by atoms with Crippen molar-refractivity contribution in [3.63, 3.8) is 0 Å². The summed E-state index contributed by atoms with van der Waals surface area (Å²) >= 11 is 5.62. The minimum atomic E-state index is -1.06. The molecule has 0 amide bonds. The van der Waals surface area contributed by atoms with Gasteiger partial charge in [0.25, 0.3) is 0 Å². The highest BCUT2D eigenvalue weighted by Gasteiger charge is 2.19. The first-order valence-electron chi connectivity index (χ1n) is 3.91. The Morgan fingerprint density at radius 1 is 1.64 bits per heavy atom. The Balaban J connectivity index is 3.24. The summed E-state index contributed by atoms with van der Waals surface area (Å²) in [6, 6.07) is 2.72. The quantitative estimate of drug-likeness (QED) is 0.747. The number of hydrogen-bond acceptors (Lipinski definition) is 2. The molecule has 1 atom stereocenters. The van der Waals surface area contributed by atoms with Crippen molar-refractivity contribution in [1.82, 2.24) is 0 Å². The van der Waals surface area contributed by atoms with Gasteiger partial charge in [-0.05, 0) is 18.6 Å². The van der Waals surface area contributed by atoms with Gasteiger partial charge in [-0.25, -0.2) is 4.39 Å². The van der Waals surface area contributed by atoms with E-state index in [1.54, 1.807) is 0 Å². The van der Waals surface area contributed by atoms with Crippen LogP contribution in [-0.4, -0.2) is 11.1 Å². The fourth-order valence-corrected chi connectivity index (χ4v) is 1.38. The van der Waals surface area contributed by atoms with Crippen LogP contribution in [-0.2, 0) is 4.79 Å². The first-order valence-corrected chi connectivity index (χ1v) is 4.29. The highest BCUT2D eigenvalue weighted by molar-refractivity contribution is 6.32. The van der Waals surface area contributed by atoms with E-state index < -0.39 is 17.7 Å². The topological polar surface area (TPSA) is 63.3 Å². The Labute approximate surface area is 85.3 Å². The molecule has 0 aliphatic heterocycles. The summed E-state index contributed by atoms with van der Waals surface area (Å²) in [6.45, 7) is 1.43. The Bertz CT molecular complexity index is 381. The van der Waals surface area contributed by atoms with Gasteiger partial charge in [0.15, 0.2) is 5.82 Å². The molecule has 5 heteroatoms. The van der Waals surface area contributed by atoms with E-state index in [2.05, 4.69) is 0 Å². The van der Waals surface area contributed by atoms with E-state index in [4.69, 9.17) is 22.4 Å². The smallest absolute Gasteiger partial charge is 0.310 e. The van der Waals surface area contributed by atoms with E-state index >= 15 is 0 Å². The van der Waals surface area contributed by atoms with Crippen LogP contribution < -0.4 is 5.73 Å². The van der Waals surface area contributed by atoms with Gasteiger partial charge in [0.1, 0.15) is 0 Å². The third kappa shape index (κ3) is 1.80. The molecule has 0 heterocycles. The van der Waals surface area contributed by atoms with Gasteiger partial charge >= 0.3 is 5.97 Å². The van der Waals surface area contributed by atoms with Crippen molar-refractivity contribution < 1.29 is 14.3 Å². The van der Waals surface area contributed by atoms with Gasteiger partial charge < -0.3 is 10.8 Å². The van der Waals surface area contributed by atoms with Gasteiger partial charge in [-0.3, -0.25) is 4.79 Å². The van der Waals surface area contributed by atoms with E-state index in [0.717, 1.165) is 0 Å². The van der Waals surface area contributed by atoms with Gasteiger partial charge in [-0.1, -0.05) is 17.7 Å². The predicted molar refractivity (Wildman–Crippen MR) is 51.9 cm³/mol. The van der Waals surface area contributed by atoms with Crippen LogP contribution >= 0.6 is 11.6 Å². The zero-order valence-corrected chi connectivity index (χ0v) is 8.18. The molecule has 14 heavy (non-hydrogen) atoms. The second kappa shape index (κ2) is 3.84. The first-order chi connectivity index (χ1) is 6.45. The molecule has 76 valence electrons. The molecule has 0 saturated carbocycles.